The van der Waals surface area contributed by atoms with Crippen LogP contribution in [0.3, 0.4) is 0 Å². The maximum absolute atomic E-state index is 12.1. The molecule has 0 aliphatic carbocycles. The Labute approximate surface area is 128 Å². The molecule has 21 heavy (non-hydrogen) atoms. The summed E-state index contributed by atoms with van der Waals surface area (Å²) >= 11 is 0. The van der Waals surface area contributed by atoms with Gasteiger partial charge in [0.1, 0.15) is 0 Å². The summed E-state index contributed by atoms with van der Waals surface area (Å²) < 4.78 is 5.31. The molecule has 1 fully saturated rings. The van der Waals surface area contributed by atoms with Crippen molar-refractivity contribution in [1.82, 2.24) is 10.2 Å². The van der Waals surface area contributed by atoms with Crippen LogP contribution >= 0.6 is 12.4 Å². The van der Waals surface area contributed by atoms with Crippen molar-refractivity contribution in [2.24, 2.45) is 0 Å². The molecule has 1 N–H and O–H groups in total. The van der Waals surface area contributed by atoms with Crippen LogP contribution < -0.4 is 10.1 Å². The van der Waals surface area contributed by atoms with E-state index < -0.39 is 4.92 Å². The van der Waals surface area contributed by atoms with Crippen LogP contribution in [-0.2, 0) is 4.79 Å². The van der Waals surface area contributed by atoms with Crippen molar-refractivity contribution in [3.63, 3.8) is 0 Å². The number of halogens is 1. The quantitative estimate of drug-likeness (QED) is 0.667. The Morgan fingerprint density at radius 3 is 2.90 bits per heavy atom. The first kappa shape index (κ1) is 17.2. The Hall–Kier alpha value is -1.86. The van der Waals surface area contributed by atoms with E-state index in [2.05, 4.69) is 5.32 Å². The highest BCUT2D eigenvalue weighted by atomic mass is 35.5. The highest BCUT2D eigenvalue weighted by Crippen LogP contribution is 2.25. The fraction of sp³-hybridized carbons (Fsp3) is 0.462. The number of amides is 1. The van der Waals surface area contributed by atoms with E-state index in [0.717, 1.165) is 13.1 Å². The van der Waals surface area contributed by atoms with E-state index in [0.29, 0.717) is 6.54 Å². The number of carbonyl (C=O) groups excluding carboxylic acids is 1. The van der Waals surface area contributed by atoms with Gasteiger partial charge in [-0.05, 0) is 13.0 Å². The summed E-state index contributed by atoms with van der Waals surface area (Å²) in [6.07, 6.45) is 0. The molecule has 0 spiro atoms. The average Bonchev–Trinajstić information content (AvgIpc) is 2.45. The van der Waals surface area contributed by atoms with Gasteiger partial charge in [-0.2, -0.15) is 0 Å². The summed E-state index contributed by atoms with van der Waals surface area (Å²) in [4.78, 5) is 24.1. The van der Waals surface area contributed by atoms with Gasteiger partial charge < -0.3 is 15.0 Å². The summed E-state index contributed by atoms with van der Waals surface area (Å²) in [5, 5.41) is 14.0. The Balaban J connectivity index is 0.00000220. The largest absolute Gasteiger partial charge is 0.477 e. The number of carbonyl (C=O) groups is 1. The number of nitrogens with one attached hydrogen (secondary N) is 1. The average molecular weight is 316 g/mol. The van der Waals surface area contributed by atoms with Crippen molar-refractivity contribution in [2.45, 2.75) is 13.0 Å². The van der Waals surface area contributed by atoms with Crippen molar-refractivity contribution in [1.29, 1.82) is 0 Å². The Bertz CT molecular complexity index is 512. The lowest BCUT2D eigenvalue weighted by atomic mass is 10.2. The van der Waals surface area contributed by atoms with Gasteiger partial charge in [0.25, 0.3) is 5.91 Å². The zero-order valence-corrected chi connectivity index (χ0v) is 12.5. The van der Waals surface area contributed by atoms with Gasteiger partial charge in [0, 0.05) is 31.7 Å². The fourth-order valence-electron chi connectivity index (χ4n) is 2.16. The lowest BCUT2D eigenvalue weighted by Gasteiger charge is -2.33. The lowest BCUT2D eigenvalue weighted by Crippen LogP contribution is -2.53. The molecule has 0 aromatic heterocycles. The molecule has 0 radical (unpaired) electrons. The maximum Gasteiger partial charge on any atom is 0.310 e. The minimum absolute atomic E-state index is 0. The van der Waals surface area contributed by atoms with Crippen LogP contribution in [0.5, 0.6) is 5.75 Å². The second-order valence-corrected chi connectivity index (χ2v) is 4.65. The molecule has 1 aliphatic heterocycles. The summed E-state index contributed by atoms with van der Waals surface area (Å²) in [6, 6.07) is 6.15. The zero-order valence-electron chi connectivity index (χ0n) is 11.7. The van der Waals surface area contributed by atoms with E-state index >= 15 is 0 Å². The molecule has 0 bridgehead atoms. The van der Waals surface area contributed by atoms with Crippen molar-refractivity contribution in [2.75, 3.05) is 26.2 Å². The maximum atomic E-state index is 12.1. The number of ether oxygens (including phenoxy) is 1. The van der Waals surface area contributed by atoms with Crippen LogP contribution in [-0.4, -0.2) is 48.0 Å². The normalized spacial score (nSPS) is 17.8. The van der Waals surface area contributed by atoms with Crippen LogP contribution in [0.2, 0.25) is 0 Å². The Morgan fingerprint density at radius 2 is 2.24 bits per heavy atom. The number of benzene rings is 1. The number of hydrogen-bond acceptors (Lipinski definition) is 5. The summed E-state index contributed by atoms with van der Waals surface area (Å²) in [7, 11) is 0. The molecule has 1 saturated heterocycles. The number of nitro groups is 1. The van der Waals surface area contributed by atoms with Gasteiger partial charge in [0.2, 0.25) is 0 Å². The molecule has 1 heterocycles. The number of para-hydroxylation sites is 2. The number of hydrogen-bond donors (Lipinski definition) is 1. The minimum Gasteiger partial charge on any atom is -0.477 e. The lowest BCUT2D eigenvalue weighted by molar-refractivity contribution is -0.385. The SMILES string of the molecule is CC1CNCCN1C(=O)COc1ccccc1[N+](=O)[O-].Cl. The van der Waals surface area contributed by atoms with E-state index in [4.69, 9.17) is 4.74 Å². The molecule has 8 heteroatoms. The van der Waals surface area contributed by atoms with Gasteiger partial charge in [0.05, 0.1) is 4.92 Å². The van der Waals surface area contributed by atoms with E-state index in [1.807, 2.05) is 6.92 Å². The first-order valence-corrected chi connectivity index (χ1v) is 6.46. The summed E-state index contributed by atoms with van der Waals surface area (Å²) in [5.74, 6) is -0.0363. The van der Waals surface area contributed by atoms with Gasteiger partial charge >= 0.3 is 5.69 Å². The molecule has 7 nitrogen and oxygen atoms in total. The van der Waals surface area contributed by atoms with Crippen LogP contribution in [0.4, 0.5) is 5.69 Å². The Kier molecular flexibility index (Phi) is 6.39. The molecule has 1 aromatic rings. The molecule has 1 atom stereocenters. The van der Waals surface area contributed by atoms with Crippen molar-refractivity contribution >= 4 is 24.0 Å². The molecule has 1 unspecified atom stereocenters. The minimum atomic E-state index is -0.521. The van der Waals surface area contributed by atoms with E-state index in [1.165, 1.54) is 12.1 Å². The topological polar surface area (TPSA) is 84.7 Å². The molecule has 1 aliphatic rings. The second-order valence-electron chi connectivity index (χ2n) is 4.65. The van der Waals surface area contributed by atoms with Gasteiger partial charge in [0.15, 0.2) is 12.4 Å². The van der Waals surface area contributed by atoms with E-state index in [-0.39, 0.29) is 42.4 Å². The first-order chi connectivity index (χ1) is 9.59. The number of nitro benzene ring substituents is 1. The highest BCUT2D eigenvalue weighted by Gasteiger charge is 2.24. The van der Waals surface area contributed by atoms with Crippen molar-refractivity contribution in [3.05, 3.63) is 34.4 Å². The predicted octanol–water partition coefficient (Wildman–Crippen LogP) is 1.22. The Morgan fingerprint density at radius 1 is 1.52 bits per heavy atom. The standard InChI is InChI=1S/C13H17N3O4.ClH/c1-10-8-14-6-7-15(10)13(17)9-20-12-5-3-2-4-11(12)16(18)19;/h2-5,10,14H,6-9H2,1H3;1H. The van der Waals surface area contributed by atoms with E-state index in [1.54, 1.807) is 17.0 Å². The number of piperazine rings is 1. The van der Waals surface area contributed by atoms with Crippen LogP contribution in [0.15, 0.2) is 24.3 Å². The third kappa shape index (κ3) is 4.30. The highest BCUT2D eigenvalue weighted by molar-refractivity contribution is 5.85. The molecule has 1 aromatic carbocycles. The van der Waals surface area contributed by atoms with Gasteiger partial charge in [-0.1, -0.05) is 12.1 Å². The van der Waals surface area contributed by atoms with Gasteiger partial charge in [-0.3, -0.25) is 14.9 Å². The smallest absolute Gasteiger partial charge is 0.310 e. The van der Waals surface area contributed by atoms with Gasteiger partial charge in [-0.25, -0.2) is 0 Å². The molecule has 1 amide bonds. The van der Waals surface area contributed by atoms with Crippen LogP contribution in [0, 0.1) is 10.1 Å². The zero-order chi connectivity index (χ0) is 14.5. The summed E-state index contributed by atoms with van der Waals surface area (Å²) in [6.45, 7) is 3.89. The van der Waals surface area contributed by atoms with Crippen molar-refractivity contribution < 1.29 is 14.5 Å². The van der Waals surface area contributed by atoms with Crippen LogP contribution in [0.1, 0.15) is 6.92 Å². The fourth-order valence-corrected chi connectivity index (χ4v) is 2.16. The monoisotopic (exact) mass is 315 g/mol. The second kappa shape index (κ2) is 7.80. The molecule has 2 rings (SSSR count). The van der Waals surface area contributed by atoms with Gasteiger partial charge in [-0.15, -0.1) is 12.4 Å². The summed E-state index contributed by atoms with van der Waals surface area (Å²) in [5.41, 5.74) is -0.131. The predicted molar refractivity (Wildman–Crippen MR) is 79.9 cm³/mol. The molecular weight excluding hydrogens is 298 g/mol. The molecular formula is C13H18ClN3O4. The third-order valence-electron chi connectivity index (χ3n) is 3.23. The molecule has 116 valence electrons. The molecule has 0 saturated carbocycles. The first-order valence-electron chi connectivity index (χ1n) is 6.46. The van der Waals surface area contributed by atoms with Crippen LogP contribution in [0.25, 0.3) is 0 Å². The third-order valence-corrected chi connectivity index (χ3v) is 3.23. The van der Waals surface area contributed by atoms with E-state index in [9.17, 15) is 14.9 Å². The van der Waals surface area contributed by atoms with Crippen molar-refractivity contribution in [3.8, 4) is 5.75 Å². The number of rotatable bonds is 4. The number of nitrogens with zero attached hydrogens (tertiary/aromatic N) is 2.